The summed E-state index contributed by atoms with van der Waals surface area (Å²) < 4.78 is 44.7. The number of halogens is 3. The van der Waals surface area contributed by atoms with Crippen LogP contribution in [0.1, 0.15) is 17.0 Å². The van der Waals surface area contributed by atoms with Crippen LogP contribution in [-0.2, 0) is 17.5 Å². The number of piperazine rings is 1. The van der Waals surface area contributed by atoms with Crippen LogP contribution in [0.4, 0.5) is 18.9 Å². The number of amides is 1. The molecule has 1 aliphatic heterocycles. The molecule has 1 aliphatic rings. The first kappa shape index (κ1) is 22.9. The number of rotatable bonds is 6. The number of carbonyl (C=O) groups is 1. The molecule has 10 heteroatoms. The van der Waals surface area contributed by atoms with Crippen LogP contribution < -0.4 is 5.32 Å². The number of hydrogen-bond donors (Lipinski definition) is 1. The van der Waals surface area contributed by atoms with E-state index >= 15 is 0 Å². The maximum atomic E-state index is 13.1. The highest BCUT2D eigenvalue weighted by molar-refractivity contribution is 5.93. The Kier molecular flexibility index (Phi) is 6.75. The summed E-state index contributed by atoms with van der Waals surface area (Å²) in [5, 5.41) is 6.47. The molecule has 1 aromatic heterocycles. The summed E-state index contributed by atoms with van der Waals surface area (Å²) in [5.74, 6) is 0.598. The first-order valence-corrected chi connectivity index (χ1v) is 10.6. The van der Waals surface area contributed by atoms with Crippen LogP contribution in [0.3, 0.4) is 0 Å². The van der Waals surface area contributed by atoms with Crippen molar-refractivity contribution in [3.05, 3.63) is 65.5 Å². The number of anilines is 1. The summed E-state index contributed by atoms with van der Waals surface area (Å²) in [6, 6.07) is 12.8. The number of benzene rings is 2. The van der Waals surface area contributed by atoms with E-state index in [9.17, 15) is 18.0 Å². The second kappa shape index (κ2) is 9.72. The van der Waals surface area contributed by atoms with Crippen molar-refractivity contribution in [1.82, 2.24) is 19.9 Å². The largest absolute Gasteiger partial charge is 0.418 e. The molecule has 2 heterocycles. The van der Waals surface area contributed by atoms with Gasteiger partial charge in [0.2, 0.25) is 17.6 Å². The molecule has 1 N–H and O–H groups in total. The summed E-state index contributed by atoms with van der Waals surface area (Å²) in [4.78, 5) is 20.9. The van der Waals surface area contributed by atoms with Crippen LogP contribution in [-0.4, -0.2) is 58.6 Å². The van der Waals surface area contributed by atoms with Crippen molar-refractivity contribution in [1.29, 1.82) is 0 Å². The fourth-order valence-electron chi connectivity index (χ4n) is 3.78. The third-order valence-electron chi connectivity index (χ3n) is 5.55. The lowest BCUT2D eigenvalue weighted by molar-refractivity contribution is -0.137. The zero-order valence-corrected chi connectivity index (χ0v) is 18.1. The van der Waals surface area contributed by atoms with Crippen LogP contribution in [0.15, 0.2) is 53.1 Å². The molecule has 0 aliphatic carbocycles. The number of aryl methyl sites for hydroxylation is 1. The third kappa shape index (κ3) is 5.77. The van der Waals surface area contributed by atoms with Crippen molar-refractivity contribution in [3.63, 3.8) is 0 Å². The Morgan fingerprint density at radius 3 is 2.42 bits per heavy atom. The fraction of sp³-hybridized carbons (Fsp3) is 0.348. The van der Waals surface area contributed by atoms with Crippen LogP contribution in [0.2, 0.25) is 0 Å². The maximum Gasteiger partial charge on any atom is 0.418 e. The lowest BCUT2D eigenvalue weighted by Crippen LogP contribution is -2.48. The number of nitrogens with one attached hydrogen (secondary N) is 1. The first-order valence-electron chi connectivity index (χ1n) is 10.6. The van der Waals surface area contributed by atoms with E-state index < -0.39 is 17.6 Å². The standard InChI is InChI=1S/C23H24F3N5O2/c1-16-6-2-3-7-17(16)22-28-21(33-29-22)15-31-12-10-30(11-13-31)14-20(32)27-19-9-5-4-8-18(19)23(24,25)26/h2-9H,10-15H2,1H3,(H,27,32). The monoisotopic (exact) mass is 459 g/mol. The predicted molar refractivity (Wildman–Crippen MR) is 116 cm³/mol. The zero-order valence-electron chi connectivity index (χ0n) is 18.1. The second-order valence-corrected chi connectivity index (χ2v) is 7.97. The molecule has 1 amide bonds. The van der Waals surface area contributed by atoms with E-state index in [1.165, 1.54) is 18.2 Å². The fourth-order valence-corrected chi connectivity index (χ4v) is 3.78. The number of alkyl halides is 3. The zero-order chi connectivity index (χ0) is 23.4. The van der Waals surface area contributed by atoms with Gasteiger partial charge in [0.1, 0.15) is 0 Å². The van der Waals surface area contributed by atoms with Gasteiger partial charge in [-0.3, -0.25) is 14.6 Å². The molecular weight excluding hydrogens is 435 g/mol. The van der Waals surface area contributed by atoms with Gasteiger partial charge in [0.05, 0.1) is 24.3 Å². The van der Waals surface area contributed by atoms with Crippen LogP contribution >= 0.6 is 0 Å². The SMILES string of the molecule is Cc1ccccc1-c1noc(CN2CCN(CC(=O)Nc3ccccc3C(F)(F)F)CC2)n1. The number of nitrogens with zero attached hydrogens (tertiary/aromatic N) is 4. The molecule has 0 bridgehead atoms. The Hall–Kier alpha value is -3.24. The van der Waals surface area contributed by atoms with E-state index in [1.807, 2.05) is 36.1 Å². The average molecular weight is 459 g/mol. The van der Waals surface area contributed by atoms with Gasteiger partial charge in [0, 0.05) is 31.7 Å². The molecule has 7 nitrogen and oxygen atoms in total. The topological polar surface area (TPSA) is 74.5 Å². The lowest BCUT2D eigenvalue weighted by Gasteiger charge is -2.33. The van der Waals surface area contributed by atoms with Gasteiger partial charge < -0.3 is 9.84 Å². The molecule has 4 rings (SSSR count). The molecule has 1 saturated heterocycles. The van der Waals surface area contributed by atoms with Gasteiger partial charge in [-0.1, -0.05) is 41.6 Å². The van der Waals surface area contributed by atoms with Crippen molar-refractivity contribution >= 4 is 11.6 Å². The number of aromatic nitrogens is 2. The summed E-state index contributed by atoms with van der Waals surface area (Å²) in [6.07, 6.45) is -4.52. The Bertz CT molecular complexity index is 1110. The van der Waals surface area contributed by atoms with Crippen LogP contribution in [0.5, 0.6) is 0 Å². The number of carbonyl (C=O) groups excluding carboxylic acids is 1. The number of para-hydroxylation sites is 1. The van der Waals surface area contributed by atoms with Crippen LogP contribution in [0, 0.1) is 6.92 Å². The molecule has 33 heavy (non-hydrogen) atoms. The maximum absolute atomic E-state index is 13.1. The first-order chi connectivity index (χ1) is 15.8. The van der Waals surface area contributed by atoms with E-state index in [0.29, 0.717) is 44.4 Å². The Labute approximate surface area is 189 Å². The molecule has 0 spiro atoms. The minimum atomic E-state index is -4.52. The minimum absolute atomic E-state index is 0.0258. The lowest BCUT2D eigenvalue weighted by atomic mass is 10.1. The summed E-state index contributed by atoms with van der Waals surface area (Å²) in [7, 11) is 0. The average Bonchev–Trinajstić information content (AvgIpc) is 3.23. The Morgan fingerprint density at radius 1 is 1.03 bits per heavy atom. The van der Waals surface area contributed by atoms with E-state index in [0.717, 1.165) is 17.2 Å². The summed E-state index contributed by atoms with van der Waals surface area (Å²) in [5.41, 5.74) is 0.910. The second-order valence-electron chi connectivity index (χ2n) is 7.97. The minimum Gasteiger partial charge on any atom is -0.338 e. The van der Waals surface area contributed by atoms with Gasteiger partial charge in [0.15, 0.2) is 0 Å². The molecule has 1 fully saturated rings. The van der Waals surface area contributed by atoms with Crippen molar-refractivity contribution in [2.24, 2.45) is 0 Å². The highest BCUT2D eigenvalue weighted by Gasteiger charge is 2.33. The molecule has 0 unspecified atom stereocenters. The van der Waals surface area contributed by atoms with Crippen molar-refractivity contribution in [2.75, 3.05) is 38.0 Å². The molecule has 0 atom stereocenters. The van der Waals surface area contributed by atoms with E-state index in [2.05, 4.69) is 20.4 Å². The smallest absolute Gasteiger partial charge is 0.338 e. The third-order valence-corrected chi connectivity index (χ3v) is 5.55. The summed E-state index contributed by atoms with van der Waals surface area (Å²) in [6.45, 7) is 5.07. The number of hydrogen-bond acceptors (Lipinski definition) is 6. The van der Waals surface area contributed by atoms with E-state index in [-0.39, 0.29) is 12.2 Å². The molecule has 0 radical (unpaired) electrons. The molecular formula is C23H24F3N5O2. The van der Waals surface area contributed by atoms with Crippen molar-refractivity contribution in [3.8, 4) is 11.4 Å². The Morgan fingerprint density at radius 2 is 1.70 bits per heavy atom. The summed E-state index contributed by atoms with van der Waals surface area (Å²) >= 11 is 0. The van der Waals surface area contributed by atoms with Gasteiger partial charge in [-0.15, -0.1) is 0 Å². The predicted octanol–water partition coefficient (Wildman–Crippen LogP) is 3.82. The van der Waals surface area contributed by atoms with Gasteiger partial charge in [-0.05, 0) is 24.6 Å². The van der Waals surface area contributed by atoms with Crippen LogP contribution in [0.25, 0.3) is 11.4 Å². The van der Waals surface area contributed by atoms with Gasteiger partial charge >= 0.3 is 6.18 Å². The molecule has 174 valence electrons. The highest BCUT2D eigenvalue weighted by atomic mass is 19.4. The van der Waals surface area contributed by atoms with E-state index in [1.54, 1.807) is 0 Å². The normalized spacial score (nSPS) is 15.5. The van der Waals surface area contributed by atoms with E-state index in [4.69, 9.17) is 4.52 Å². The highest BCUT2D eigenvalue weighted by Crippen LogP contribution is 2.34. The van der Waals surface area contributed by atoms with Gasteiger partial charge in [-0.2, -0.15) is 18.2 Å². The Balaban J connectivity index is 1.27. The van der Waals surface area contributed by atoms with Crippen molar-refractivity contribution in [2.45, 2.75) is 19.6 Å². The molecule has 0 saturated carbocycles. The van der Waals surface area contributed by atoms with Crippen molar-refractivity contribution < 1.29 is 22.5 Å². The molecule has 3 aromatic rings. The van der Waals surface area contributed by atoms with Gasteiger partial charge in [-0.25, -0.2) is 0 Å². The quantitative estimate of drug-likeness (QED) is 0.604. The molecule has 2 aromatic carbocycles. The van der Waals surface area contributed by atoms with Gasteiger partial charge in [0.25, 0.3) is 0 Å².